The van der Waals surface area contributed by atoms with Crippen LogP contribution in [-0.4, -0.2) is 100 Å². The first-order chi connectivity index (χ1) is 23.2. The summed E-state index contributed by atoms with van der Waals surface area (Å²) < 4.78 is 72.8. The van der Waals surface area contributed by atoms with Gasteiger partial charge in [0.15, 0.2) is 17.5 Å². The second kappa shape index (κ2) is 11.7. The first-order valence-electron chi connectivity index (χ1n) is 16.2. The predicted molar refractivity (Wildman–Crippen MR) is 171 cm³/mol. The Labute approximate surface area is 274 Å². The van der Waals surface area contributed by atoms with Crippen molar-refractivity contribution < 1.29 is 31.8 Å². The molecule has 4 fully saturated rings. The maximum atomic E-state index is 16.8. The van der Waals surface area contributed by atoms with E-state index < -0.39 is 34.7 Å². The van der Waals surface area contributed by atoms with E-state index in [9.17, 15) is 13.6 Å². The molecule has 4 saturated heterocycles. The lowest BCUT2D eigenvalue weighted by molar-refractivity contribution is -0.133. The standard InChI is InChI=1S/C35H34F4N6O3/c1-2-26(46)45-13-12-43(18-35(45)10-14-47-19-35)32-24-16-40-30(23-6-3-5-21-7-8-25(37)28(38)27(21)23)29(39)31(24)41-33(42-32)48-20-34-9-4-11-44(34)17-22(36)15-34/h2-3,5-8,16,22H,1,4,9-15,17-20H2/t22?,34-,35-/m0/s1. The van der Waals surface area contributed by atoms with E-state index in [2.05, 4.69) is 21.4 Å². The van der Waals surface area contributed by atoms with Crippen molar-refractivity contribution in [1.82, 2.24) is 24.8 Å². The van der Waals surface area contributed by atoms with Crippen molar-refractivity contribution in [2.75, 3.05) is 57.4 Å². The summed E-state index contributed by atoms with van der Waals surface area (Å²) in [7, 11) is 0. The molecule has 8 rings (SSSR count). The minimum Gasteiger partial charge on any atom is -0.461 e. The van der Waals surface area contributed by atoms with E-state index in [1.54, 1.807) is 17.0 Å². The fraction of sp³-hybridized carbons (Fsp3) is 0.429. The molecule has 2 aromatic carbocycles. The third-order valence-electron chi connectivity index (χ3n) is 10.5. The van der Waals surface area contributed by atoms with Gasteiger partial charge in [-0.2, -0.15) is 9.97 Å². The van der Waals surface area contributed by atoms with Gasteiger partial charge >= 0.3 is 6.01 Å². The number of hydrogen-bond acceptors (Lipinski definition) is 8. The molecule has 2 aromatic heterocycles. The van der Waals surface area contributed by atoms with Crippen molar-refractivity contribution >= 4 is 33.4 Å². The molecule has 1 unspecified atom stereocenters. The van der Waals surface area contributed by atoms with Gasteiger partial charge in [0.1, 0.15) is 29.8 Å². The normalized spacial score (nSPS) is 25.8. The maximum Gasteiger partial charge on any atom is 0.319 e. The molecule has 0 saturated carbocycles. The molecule has 4 aliphatic rings. The summed E-state index contributed by atoms with van der Waals surface area (Å²) in [5.41, 5.74) is -1.38. The number of aromatic nitrogens is 3. The monoisotopic (exact) mass is 662 g/mol. The third-order valence-corrected chi connectivity index (χ3v) is 10.5. The SMILES string of the molecule is C=CC(=O)N1CCN(c2nc(OC[C@@]34CCCN3CC(F)C4)nc3c(F)c(-c4cccc5ccc(F)c(F)c45)ncc23)C[C@]12CCOC2. The van der Waals surface area contributed by atoms with Gasteiger partial charge in [-0.05, 0) is 43.3 Å². The van der Waals surface area contributed by atoms with Gasteiger partial charge in [-0.1, -0.05) is 30.8 Å². The van der Waals surface area contributed by atoms with Crippen LogP contribution >= 0.6 is 0 Å². The Balaban J connectivity index is 1.25. The third kappa shape index (κ3) is 4.89. The Kier molecular flexibility index (Phi) is 7.51. The number of amides is 1. The number of rotatable bonds is 6. The highest BCUT2D eigenvalue weighted by Gasteiger charge is 2.50. The number of alkyl halides is 1. The quantitative estimate of drug-likeness (QED) is 0.206. The number of benzene rings is 2. The van der Waals surface area contributed by atoms with Gasteiger partial charge in [0.05, 0.1) is 23.1 Å². The molecule has 1 spiro atoms. The largest absolute Gasteiger partial charge is 0.461 e. The lowest BCUT2D eigenvalue weighted by atomic mass is 9.92. The second-order valence-electron chi connectivity index (χ2n) is 13.3. The molecule has 0 N–H and O–H groups in total. The van der Waals surface area contributed by atoms with Gasteiger partial charge in [0.2, 0.25) is 5.91 Å². The molecule has 9 nitrogen and oxygen atoms in total. The fourth-order valence-corrected chi connectivity index (χ4v) is 8.22. The number of hydrogen-bond donors (Lipinski definition) is 0. The number of halogens is 4. The smallest absolute Gasteiger partial charge is 0.319 e. The molecule has 4 aliphatic heterocycles. The number of anilines is 1. The molecule has 4 aromatic rings. The summed E-state index contributed by atoms with van der Waals surface area (Å²) in [5, 5.41) is 0.584. The topological polar surface area (TPSA) is 83.9 Å². The van der Waals surface area contributed by atoms with Crippen molar-refractivity contribution in [1.29, 1.82) is 0 Å². The van der Waals surface area contributed by atoms with E-state index >= 15 is 8.78 Å². The van der Waals surface area contributed by atoms with Crippen molar-refractivity contribution in [2.45, 2.75) is 42.9 Å². The highest BCUT2D eigenvalue weighted by molar-refractivity contribution is 5.99. The van der Waals surface area contributed by atoms with Gasteiger partial charge in [0.25, 0.3) is 0 Å². The number of nitrogens with zero attached hydrogens (tertiary/aromatic N) is 6. The number of piperazine rings is 1. The van der Waals surface area contributed by atoms with Crippen LogP contribution in [0.25, 0.3) is 32.9 Å². The first kappa shape index (κ1) is 30.9. The molecule has 13 heteroatoms. The molecule has 1 amide bonds. The van der Waals surface area contributed by atoms with E-state index in [4.69, 9.17) is 14.5 Å². The van der Waals surface area contributed by atoms with E-state index in [1.807, 2.05) is 4.90 Å². The van der Waals surface area contributed by atoms with Gasteiger partial charge < -0.3 is 19.3 Å². The molecule has 48 heavy (non-hydrogen) atoms. The fourth-order valence-electron chi connectivity index (χ4n) is 8.22. The van der Waals surface area contributed by atoms with Crippen LogP contribution in [0.4, 0.5) is 23.4 Å². The Bertz CT molecular complexity index is 1960. The van der Waals surface area contributed by atoms with Gasteiger partial charge in [-0.3, -0.25) is 14.7 Å². The predicted octanol–water partition coefficient (Wildman–Crippen LogP) is 5.21. The molecule has 0 bridgehead atoms. The van der Waals surface area contributed by atoms with Crippen LogP contribution in [0.5, 0.6) is 6.01 Å². The maximum absolute atomic E-state index is 16.8. The Morgan fingerprint density at radius 1 is 1.10 bits per heavy atom. The van der Waals surface area contributed by atoms with Crippen molar-refractivity contribution in [3.63, 3.8) is 0 Å². The number of ether oxygens (including phenoxy) is 2. The average molecular weight is 663 g/mol. The van der Waals surface area contributed by atoms with E-state index in [0.717, 1.165) is 25.5 Å². The zero-order valence-corrected chi connectivity index (χ0v) is 26.2. The van der Waals surface area contributed by atoms with Crippen LogP contribution in [-0.2, 0) is 9.53 Å². The second-order valence-corrected chi connectivity index (χ2v) is 13.3. The molecule has 6 heterocycles. The van der Waals surface area contributed by atoms with E-state index in [-0.39, 0.29) is 40.7 Å². The number of fused-ring (bicyclic) bond motifs is 3. The summed E-state index contributed by atoms with van der Waals surface area (Å²) >= 11 is 0. The summed E-state index contributed by atoms with van der Waals surface area (Å²) in [6, 6.07) is 7.09. The number of pyridine rings is 1. The van der Waals surface area contributed by atoms with Gasteiger partial charge in [-0.25, -0.2) is 17.6 Å². The zero-order chi connectivity index (χ0) is 33.2. The van der Waals surface area contributed by atoms with Crippen molar-refractivity contribution in [2.24, 2.45) is 0 Å². The first-order valence-corrected chi connectivity index (χ1v) is 16.2. The molecule has 250 valence electrons. The summed E-state index contributed by atoms with van der Waals surface area (Å²) in [6.45, 7) is 6.77. The average Bonchev–Trinajstić information content (AvgIpc) is 3.79. The van der Waals surface area contributed by atoms with E-state index in [0.29, 0.717) is 68.8 Å². The lowest BCUT2D eigenvalue weighted by Crippen LogP contribution is -2.64. The minimum atomic E-state index is -1.10. The van der Waals surface area contributed by atoms with Gasteiger partial charge in [0, 0.05) is 56.4 Å². The molecular weight excluding hydrogens is 628 g/mol. The van der Waals surface area contributed by atoms with Gasteiger partial charge in [-0.15, -0.1) is 0 Å². The Hall–Kier alpha value is -4.36. The van der Waals surface area contributed by atoms with Crippen LogP contribution < -0.4 is 9.64 Å². The van der Waals surface area contributed by atoms with Crippen LogP contribution in [0.2, 0.25) is 0 Å². The molecule has 0 aliphatic carbocycles. The summed E-state index contributed by atoms with van der Waals surface area (Å²) in [4.78, 5) is 32.4. The molecule has 3 atom stereocenters. The summed E-state index contributed by atoms with van der Waals surface area (Å²) in [6.07, 6.45) is 4.38. The molecule has 0 radical (unpaired) electrons. The Morgan fingerprint density at radius 2 is 1.98 bits per heavy atom. The van der Waals surface area contributed by atoms with Crippen LogP contribution in [0.1, 0.15) is 25.7 Å². The van der Waals surface area contributed by atoms with Crippen molar-refractivity contribution in [3.05, 3.63) is 66.6 Å². The highest BCUT2D eigenvalue weighted by Crippen LogP contribution is 2.42. The number of carbonyl (C=O) groups is 1. The van der Waals surface area contributed by atoms with E-state index in [1.165, 1.54) is 24.4 Å². The van der Waals surface area contributed by atoms with Crippen LogP contribution in [0.3, 0.4) is 0 Å². The molecular formula is C35H34F4N6O3. The zero-order valence-electron chi connectivity index (χ0n) is 26.2. The van der Waals surface area contributed by atoms with Crippen molar-refractivity contribution in [3.8, 4) is 17.3 Å². The Morgan fingerprint density at radius 3 is 2.79 bits per heavy atom. The van der Waals surface area contributed by atoms with Crippen LogP contribution in [0.15, 0.2) is 49.2 Å². The highest BCUT2D eigenvalue weighted by atomic mass is 19.2. The number of carbonyl (C=O) groups excluding carboxylic acids is 1. The summed E-state index contributed by atoms with van der Waals surface area (Å²) in [5.74, 6) is -2.84. The lowest BCUT2D eigenvalue weighted by Gasteiger charge is -2.48. The van der Waals surface area contributed by atoms with Crippen LogP contribution in [0, 0.1) is 17.5 Å². The minimum absolute atomic E-state index is 0.0746.